The van der Waals surface area contributed by atoms with E-state index in [0.29, 0.717) is 11.2 Å². The molecule has 0 fully saturated rings. The van der Waals surface area contributed by atoms with Gasteiger partial charge in [-0.1, -0.05) is 24.3 Å². The van der Waals surface area contributed by atoms with Crippen LogP contribution in [0.5, 0.6) is 5.75 Å². The molecular formula is C17H13N7O3. The van der Waals surface area contributed by atoms with E-state index in [1.165, 1.54) is 24.4 Å². The number of hydrogen-bond acceptors (Lipinski definition) is 8. The number of para-hydroxylation sites is 2. The molecule has 0 bridgehead atoms. The highest BCUT2D eigenvalue weighted by atomic mass is 16.6. The number of H-pyrrole nitrogens is 1. The Kier molecular flexibility index (Phi) is 3.84. The summed E-state index contributed by atoms with van der Waals surface area (Å²) in [6.45, 7) is 1.99. The fraction of sp³-hybridized carbons (Fsp3) is 0.0588. The number of phenols is 1. The standard InChI is InChI=1S/C17H13N7O3/c1-9-4-2-6-11-13(9)19-16-14(11)21-23-17(20-16)22-18-8-10-5-3-7-12(15(10)25)24(26)27/h2-8,25H,1H3,(H2,19,20,22,23)/b18-8-. The van der Waals surface area contributed by atoms with Crippen LogP contribution in [0, 0.1) is 17.0 Å². The Balaban J connectivity index is 1.62. The van der Waals surface area contributed by atoms with Gasteiger partial charge in [-0.25, -0.2) is 5.43 Å². The monoisotopic (exact) mass is 363 g/mol. The number of nitro benzene ring substituents is 1. The number of fused-ring (bicyclic) bond motifs is 3. The Morgan fingerprint density at radius 2 is 2.07 bits per heavy atom. The fourth-order valence-electron chi connectivity index (χ4n) is 2.75. The topological polar surface area (TPSA) is 142 Å². The SMILES string of the molecule is Cc1cccc2c1[nH]c1nc(N/N=C\c3cccc([N+](=O)[O-])c3O)nnc12. The normalized spacial score (nSPS) is 11.4. The van der Waals surface area contributed by atoms with E-state index < -0.39 is 16.4 Å². The van der Waals surface area contributed by atoms with E-state index >= 15 is 0 Å². The Bertz CT molecular complexity index is 1220. The number of hydrogen-bond donors (Lipinski definition) is 3. The van der Waals surface area contributed by atoms with Gasteiger partial charge < -0.3 is 10.1 Å². The van der Waals surface area contributed by atoms with Crippen LogP contribution < -0.4 is 5.43 Å². The molecule has 2 aromatic heterocycles. The number of aromatic amines is 1. The zero-order valence-corrected chi connectivity index (χ0v) is 14.0. The summed E-state index contributed by atoms with van der Waals surface area (Å²) in [5, 5.41) is 33.7. The second kappa shape index (κ2) is 6.33. The summed E-state index contributed by atoms with van der Waals surface area (Å²) in [5.74, 6) is -0.318. The largest absolute Gasteiger partial charge is 0.502 e. The molecule has 0 unspecified atom stereocenters. The van der Waals surface area contributed by atoms with E-state index in [1.54, 1.807) is 0 Å². The van der Waals surface area contributed by atoms with Gasteiger partial charge in [0, 0.05) is 17.0 Å². The lowest BCUT2D eigenvalue weighted by molar-refractivity contribution is -0.385. The van der Waals surface area contributed by atoms with Crippen LogP contribution >= 0.6 is 0 Å². The maximum atomic E-state index is 10.8. The maximum absolute atomic E-state index is 10.8. The number of benzene rings is 2. The summed E-state index contributed by atoms with van der Waals surface area (Å²) in [7, 11) is 0. The van der Waals surface area contributed by atoms with Crippen LogP contribution in [-0.4, -0.2) is 36.4 Å². The predicted molar refractivity (Wildman–Crippen MR) is 99.9 cm³/mol. The second-order valence-corrected chi connectivity index (χ2v) is 5.80. The minimum atomic E-state index is -0.668. The first-order valence-corrected chi connectivity index (χ1v) is 7.92. The average molecular weight is 363 g/mol. The van der Waals surface area contributed by atoms with E-state index in [2.05, 4.69) is 30.7 Å². The Morgan fingerprint density at radius 1 is 1.26 bits per heavy atom. The number of anilines is 1. The summed E-state index contributed by atoms with van der Waals surface area (Å²) in [5.41, 5.74) is 5.62. The van der Waals surface area contributed by atoms with Gasteiger partial charge in [-0.05, 0) is 18.6 Å². The number of aromatic hydroxyl groups is 1. The van der Waals surface area contributed by atoms with E-state index in [0.717, 1.165) is 16.5 Å². The van der Waals surface area contributed by atoms with Crippen molar-refractivity contribution in [3.05, 3.63) is 57.6 Å². The summed E-state index contributed by atoms with van der Waals surface area (Å²) >= 11 is 0. The fourth-order valence-corrected chi connectivity index (χ4v) is 2.75. The van der Waals surface area contributed by atoms with Crippen LogP contribution in [-0.2, 0) is 0 Å². The quantitative estimate of drug-likeness (QED) is 0.287. The Morgan fingerprint density at radius 3 is 2.89 bits per heavy atom. The maximum Gasteiger partial charge on any atom is 0.311 e. The van der Waals surface area contributed by atoms with Gasteiger partial charge in [0.25, 0.3) is 5.95 Å². The molecule has 4 rings (SSSR count). The van der Waals surface area contributed by atoms with E-state index in [1.807, 2.05) is 25.1 Å². The van der Waals surface area contributed by atoms with Gasteiger partial charge in [0.1, 0.15) is 5.52 Å². The molecule has 0 aliphatic rings. The molecule has 0 aliphatic carbocycles. The molecule has 10 heteroatoms. The molecule has 0 saturated heterocycles. The van der Waals surface area contributed by atoms with Crippen LogP contribution in [0.1, 0.15) is 11.1 Å². The third-order valence-electron chi connectivity index (χ3n) is 4.07. The summed E-state index contributed by atoms with van der Waals surface area (Å²) in [6.07, 6.45) is 1.24. The highest BCUT2D eigenvalue weighted by Gasteiger charge is 2.15. The number of nitrogens with zero attached hydrogens (tertiary/aromatic N) is 5. The van der Waals surface area contributed by atoms with Crippen molar-refractivity contribution in [3.8, 4) is 5.75 Å². The number of phenolic OH excluding ortho intramolecular Hbond substituents is 1. The van der Waals surface area contributed by atoms with Gasteiger partial charge in [0.2, 0.25) is 5.75 Å². The molecule has 10 nitrogen and oxygen atoms in total. The molecule has 0 spiro atoms. The van der Waals surface area contributed by atoms with Crippen molar-refractivity contribution in [3.63, 3.8) is 0 Å². The molecule has 0 aliphatic heterocycles. The predicted octanol–water partition coefficient (Wildman–Crippen LogP) is 2.87. The molecule has 4 aromatic rings. The lowest BCUT2D eigenvalue weighted by atomic mass is 10.1. The number of hydrazone groups is 1. The van der Waals surface area contributed by atoms with Crippen LogP contribution in [0.2, 0.25) is 0 Å². The summed E-state index contributed by atoms with van der Waals surface area (Å²) in [6, 6.07) is 10.0. The number of nitro groups is 1. The lowest BCUT2D eigenvalue weighted by Crippen LogP contribution is -1.99. The molecule has 0 radical (unpaired) electrons. The smallest absolute Gasteiger partial charge is 0.311 e. The van der Waals surface area contributed by atoms with Gasteiger partial charge in [-0.15, -0.1) is 10.2 Å². The van der Waals surface area contributed by atoms with Crippen molar-refractivity contribution in [2.24, 2.45) is 5.10 Å². The summed E-state index contributed by atoms with van der Waals surface area (Å²) < 4.78 is 0. The minimum Gasteiger partial charge on any atom is -0.502 e. The third kappa shape index (κ3) is 2.88. The number of aromatic nitrogens is 4. The first kappa shape index (κ1) is 16.4. The van der Waals surface area contributed by atoms with Crippen molar-refractivity contribution in [1.82, 2.24) is 20.2 Å². The minimum absolute atomic E-state index is 0.146. The van der Waals surface area contributed by atoms with Crippen molar-refractivity contribution < 1.29 is 10.0 Å². The molecule has 0 amide bonds. The summed E-state index contributed by atoms with van der Waals surface area (Å²) in [4.78, 5) is 17.7. The van der Waals surface area contributed by atoms with E-state index in [-0.39, 0.29) is 11.5 Å². The van der Waals surface area contributed by atoms with Crippen LogP contribution in [0.15, 0.2) is 41.5 Å². The zero-order valence-electron chi connectivity index (χ0n) is 14.0. The third-order valence-corrected chi connectivity index (χ3v) is 4.07. The Hall–Kier alpha value is -4.08. The van der Waals surface area contributed by atoms with E-state index in [9.17, 15) is 15.2 Å². The van der Waals surface area contributed by atoms with Gasteiger partial charge >= 0.3 is 5.69 Å². The molecule has 3 N–H and O–H groups in total. The van der Waals surface area contributed by atoms with Crippen molar-refractivity contribution in [2.45, 2.75) is 6.92 Å². The molecule has 27 heavy (non-hydrogen) atoms. The molecular weight excluding hydrogens is 350 g/mol. The Labute approximate surface area is 151 Å². The number of aryl methyl sites for hydroxylation is 1. The first-order chi connectivity index (χ1) is 13.0. The molecule has 2 heterocycles. The van der Waals surface area contributed by atoms with E-state index in [4.69, 9.17) is 0 Å². The van der Waals surface area contributed by atoms with Crippen molar-refractivity contribution in [1.29, 1.82) is 0 Å². The van der Waals surface area contributed by atoms with Gasteiger partial charge in [-0.3, -0.25) is 10.1 Å². The van der Waals surface area contributed by atoms with Crippen LogP contribution in [0.4, 0.5) is 11.6 Å². The number of rotatable bonds is 4. The van der Waals surface area contributed by atoms with Crippen LogP contribution in [0.3, 0.4) is 0 Å². The number of nitrogens with one attached hydrogen (secondary N) is 2. The van der Waals surface area contributed by atoms with Gasteiger partial charge in [-0.2, -0.15) is 10.1 Å². The molecule has 2 aromatic carbocycles. The average Bonchev–Trinajstić information content (AvgIpc) is 3.02. The highest BCUT2D eigenvalue weighted by Crippen LogP contribution is 2.28. The molecule has 0 saturated carbocycles. The first-order valence-electron chi connectivity index (χ1n) is 7.92. The molecule has 0 atom stereocenters. The van der Waals surface area contributed by atoms with Crippen LogP contribution in [0.25, 0.3) is 22.1 Å². The lowest BCUT2D eigenvalue weighted by Gasteiger charge is -2.00. The van der Waals surface area contributed by atoms with Gasteiger partial charge in [0.05, 0.1) is 16.7 Å². The molecule has 134 valence electrons. The zero-order chi connectivity index (χ0) is 19.0. The van der Waals surface area contributed by atoms with Gasteiger partial charge in [0.15, 0.2) is 5.65 Å². The van der Waals surface area contributed by atoms with Crippen molar-refractivity contribution >= 4 is 39.9 Å². The highest BCUT2D eigenvalue weighted by molar-refractivity contribution is 6.04. The van der Waals surface area contributed by atoms with Crippen molar-refractivity contribution in [2.75, 3.05) is 5.43 Å². The second-order valence-electron chi connectivity index (χ2n) is 5.80.